The van der Waals surface area contributed by atoms with Crippen LogP contribution >= 0.6 is 0 Å². The van der Waals surface area contributed by atoms with Crippen LogP contribution in [0.15, 0.2) is 59.8 Å². The molecule has 2 amide bonds. The fraction of sp³-hybridized carbons (Fsp3) is 0.429. The third-order valence-corrected chi connectivity index (χ3v) is 6.85. The van der Waals surface area contributed by atoms with Gasteiger partial charge in [0.2, 0.25) is 0 Å². The van der Waals surface area contributed by atoms with Gasteiger partial charge >= 0.3 is 12.0 Å². The minimum Gasteiger partial charge on any atom is -0.493 e. The number of likely N-dealkylation sites (tertiary alicyclic amines) is 1. The van der Waals surface area contributed by atoms with Crippen molar-refractivity contribution in [2.75, 3.05) is 40.5 Å². The normalized spacial score (nSPS) is 18.9. The zero-order valence-corrected chi connectivity index (χ0v) is 21.2. The number of methoxy groups -OCH3 is 2. The van der Waals surface area contributed by atoms with E-state index < -0.39 is 12.0 Å². The molecule has 0 aliphatic carbocycles. The van der Waals surface area contributed by atoms with Crippen LogP contribution in [0.5, 0.6) is 11.5 Å². The SMILES string of the molecule is CCOC(=O)C1=C(CN2CCC(Cc3ccccc3)CC2)NC(=O)N[C@@H]1c1cccc(OC)c1OC. The summed E-state index contributed by atoms with van der Waals surface area (Å²) in [5.41, 5.74) is 2.95. The summed E-state index contributed by atoms with van der Waals surface area (Å²) < 4.78 is 16.5. The maximum Gasteiger partial charge on any atom is 0.338 e. The molecule has 0 spiro atoms. The van der Waals surface area contributed by atoms with Crippen molar-refractivity contribution >= 4 is 12.0 Å². The van der Waals surface area contributed by atoms with Crippen LogP contribution in [-0.4, -0.2) is 57.4 Å². The molecule has 1 fully saturated rings. The van der Waals surface area contributed by atoms with E-state index in [0.717, 1.165) is 32.4 Å². The Balaban J connectivity index is 1.58. The second-order valence-corrected chi connectivity index (χ2v) is 9.14. The Kier molecular flexibility index (Phi) is 8.48. The van der Waals surface area contributed by atoms with E-state index in [9.17, 15) is 9.59 Å². The number of nitrogens with one attached hydrogen (secondary N) is 2. The van der Waals surface area contributed by atoms with Gasteiger partial charge in [-0.2, -0.15) is 0 Å². The summed E-state index contributed by atoms with van der Waals surface area (Å²) in [5, 5.41) is 5.77. The van der Waals surface area contributed by atoms with Crippen molar-refractivity contribution in [2.24, 2.45) is 5.92 Å². The summed E-state index contributed by atoms with van der Waals surface area (Å²) >= 11 is 0. The Morgan fingerprint density at radius 3 is 2.44 bits per heavy atom. The molecule has 0 bridgehead atoms. The van der Waals surface area contributed by atoms with Crippen molar-refractivity contribution in [1.82, 2.24) is 15.5 Å². The highest BCUT2D eigenvalue weighted by Crippen LogP contribution is 2.39. The molecule has 0 saturated carbocycles. The number of urea groups is 1. The predicted molar refractivity (Wildman–Crippen MR) is 137 cm³/mol. The number of rotatable bonds is 9. The van der Waals surface area contributed by atoms with E-state index in [4.69, 9.17) is 14.2 Å². The van der Waals surface area contributed by atoms with E-state index in [1.54, 1.807) is 27.2 Å². The van der Waals surface area contributed by atoms with Gasteiger partial charge in [0.15, 0.2) is 11.5 Å². The van der Waals surface area contributed by atoms with Crippen molar-refractivity contribution in [1.29, 1.82) is 0 Å². The van der Waals surface area contributed by atoms with Gasteiger partial charge in [0, 0.05) is 17.8 Å². The number of piperidine rings is 1. The molecule has 8 nitrogen and oxygen atoms in total. The molecular formula is C28H35N3O5. The van der Waals surface area contributed by atoms with E-state index in [2.05, 4.69) is 39.8 Å². The molecule has 2 aliphatic heterocycles. The van der Waals surface area contributed by atoms with E-state index in [0.29, 0.717) is 40.8 Å². The first-order valence-corrected chi connectivity index (χ1v) is 12.5. The number of para-hydroxylation sites is 1. The number of hydrogen-bond acceptors (Lipinski definition) is 6. The zero-order chi connectivity index (χ0) is 25.5. The fourth-order valence-electron chi connectivity index (χ4n) is 5.08. The minimum absolute atomic E-state index is 0.233. The topological polar surface area (TPSA) is 89.1 Å². The lowest BCUT2D eigenvalue weighted by atomic mass is 9.89. The number of carbonyl (C=O) groups excluding carboxylic acids is 2. The minimum atomic E-state index is -0.728. The van der Waals surface area contributed by atoms with Crippen LogP contribution in [0.1, 0.15) is 36.9 Å². The number of benzene rings is 2. The molecule has 2 heterocycles. The average Bonchev–Trinajstić information content (AvgIpc) is 2.89. The van der Waals surface area contributed by atoms with Gasteiger partial charge in [0.1, 0.15) is 0 Å². The van der Waals surface area contributed by atoms with Crippen LogP contribution in [0, 0.1) is 5.92 Å². The van der Waals surface area contributed by atoms with Crippen LogP contribution in [0.4, 0.5) is 4.79 Å². The highest BCUT2D eigenvalue weighted by atomic mass is 16.5. The van der Waals surface area contributed by atoms with E-state index in [1.807, 2.05) is 18.2 Å². The van der Waals surface area contributed by atoms with Gasteiger partial charge < -0.3 is 24.8 Å². The molecule has 0 unspecified atom stereocenters. The van der Waals surface area contributed by atoms with Gasteiger partial charge in [-0.25, -0.2) is 9.59 Å². The second kappa shape index (κ2) is 11.9. The first-order chi connectivity index (χ1) is 17.5. The number of esters is 1. The lowest BCUT2D eigenvalue weighted by molar-refractivity contribution is -0.139. The summed E-state index contributed by atoms with van der Waals surface area (Å²) in [7, 11) is 3.09. The summed E-state index contributed by atoms with van der Waals surface area (Å²) in [6.45, 7) is 4.26. The maximum atomic E-state index is 13.2. The van der Waals surface area contributed by atoms with Gasteiger partial charge in [0.05, 0.1) is 32.4 Å². The lowest BCUT2D eigenvalue weighted by Gasteiger charge is -2.35. The van der Waals surface area contributed by atoms with Gasteiger partial charge in [-0.1, -0.05) is 42.5 Å². The molecule has 1 saturated heterocycles. The van der Waals surface area contributed by atoms with Crippen molar-refractivity contribution in [2.45, 2.75) is 32.2 Å². The molecule has 2 N–H and O–H groups in total. The predicted octanol–water partition coefficient (Wildman–Crippen LogP) is 3.83. The zero-order valence-electron chi connectivity index (χ0n) is 21.2. The van der Waals surface area contributed by atoms with Gasteiger partial charge in [-0.15, -0.1) is 0 Å². The summed E-state index contributed by atoms with van der Waals surface area (Å²) in [6, 6.07) is 14.9. The molecule has 0 aromatic heterocycles. The number of amides is 2. The second-order valence-electron chi connectivity index (χ2n) is 9.14. The largest absolute Gasteiger partial charge is 0.493 e. The fourth-order valence-corrected chi connectivity index (χ4v) is 5.08. The lowest BCUT2D eigenvalue weighted by Crippen LogP contribution is -2.49. The molecule has 0 radical (unpaired) electrons. The molecule has 4 rings (SSSR count). The molecule has 2 aliphatic rings. The molecular weight excluding hydrogens is 458 g/mol. The van der Waals surface area contributed by atoms with Crippen LogP contribution in [0.25, 0.3) is 0 Å². The van der Waals surface area contributed by atoms with Gasteiger partial charge in [0.25, 0.3) is 0 Å². The van der Waals surface area contributed by atoms with Crippen LogP contribution in [-0.2, 0) is 16.0 Å². The number of carbonyl (C=O) groups is 2. The number of hydrogen-bond donors (Lipinski definition) is 2. The Hall–Kier alpha value is -3.52. The van der Waals surface area contributed by atoms with Crippen molar-refractivity contribution in [3.8, 4) is 11.5 Å². The monoisotopic (exact) mass is 493 g/mol. The number of nitrogens with zero attached hydrogens (tertiary/aromatic N) is 1. The summed E-state index contributed by atoms with van der Waals surface area (Å²) in [5.74, 6) is 1.15. The third-order valence-electron chi connectivity index (χ3n) is 6.85. The van der Waals surface area contributed by atoms with Crippen LogP contribution < -0.4 is 20.1 Å². The smallest absolute Gasteiger partial charge is 0.338 e. The standard InChI is InChI=1S/C28H35N3O5/c1-4-36-27(32)24-22(18-31-15-13-20(14-16-31)17-19-9-6-5-7-10-19)29-28(33)30-25(24)21-11-8-12-23(34-2)26(21)35-3/h5-12,20,25H,4,13-18H2,1-3H3,(H2,29,30,33)/t25-/m1/s1. The highest BCUT2D eigenvalue weighted by Gasteiger charge is 2.36. The Morgan fingerprint density at radius 2 is 1.78 bits per heavy atom. The van der Waals surface area contributed by atoms with E-state index in [1.165, 1.54) is 5.56 Å². The summed E-state index contributed by atoms with van der Waals surface area (Å²) in [6.07, 6.45) is 3.20. The third kappa shape index (κ3) is 5.82. The summed E-state index contributed by atoms with van der Waals surface area (Å²) in [4.78, 5) is 28.2. The Morgan fingerprint density at radius 1 is 1.03 bits per heavy atom. The van der Waals surface area contributed by atoms with E-state index in [-0.39, 0.29) is 12.6 Å². The van der Waals surface area contributed by atoms with Gasteiger partial charge in [-0.3, -0.25) is 4.90 Å². The molecule has 36 heavy (non-hydrogen) atoms. The molecule has 192 valence electrons. The Labute approximate surface area is 212 Å². The van der Waals surface area contributed by atoms with E-state index >= 15 is 0 Å². The molecule has 1 atom stereocenters. The molecule has 8 heteroatoms. The quantitative estimate of drug-likeness (QED) is 0.516. The molecule has 2 aromatic rings. The first-order valence-electron chi connectivity index (χ1n) is 12.5. The number of ether oxygens (including phenoxy) is 3. The highest BCUT2D eigenvalue weighted by molar-refractivity contribution is 5.95. The van der Waals surface area contributed by atoms with Crippen LogP contribution in [0.2, 0.25) is 0 Å². The van der Waals surface area contributed by atoms with Crippen molar-refractivity contribution < 1.29 is 23.8 Å². The Bertz CT molecular complexity index is 1090. The van der Waals surface area contributed by atoms with Crippen molar-refractivity contribution in [3.05, 3.63) is 70.9 Å². The van der Waals surface area contributed by atoms with Crippen molar-refractivity contribution in [3.63, 3.8) is 0 Å². The van der Waals surface area contributed by atoms with Crippen LogP contribution in [0.3, 0.4) is 0 Å². The van der Waals surface area contributed by atoms with Gasteiger partial charge in [-0.05, 0) is 56.8 Å². The first kappa shape index (κ1) is 25.6. The maximum absolute atomic E-state index is 13.2. The average molecular weight is 494 g/mol. The molecule has 2 aromatic carbocycles.